The molecule has 2 heterocycles. The molecule has 0 saturated carbocycles. The van der Waals surface area contributed by atoms with Gasteiger partial charge in [0, 0.05) is 26.0 Å². The van der Waals surface area contributed by atoms with Gasteiger partial charge in [0.2, 0.25) is 5.91 Å². The van der Waals surface area contributed by atoms with Gasteiger partial charge in [-0.25, -0.2) is 4.79 Å². The van der Waals surface area contributed by atoms with Crippen LogP contribution in [0.2, 0.25) is 0 Å². The Morgan fingerprint density at radius 3 is 2.44 bits per heavy atom. The third-order valence-corrected chi connectivity index (χ3v) is 4.47. The standard InChI is InChI=1S/C18H20N4O3/c1-11-5-6-13(9-12(11)2)19-15(23)10-22-8-7-14-16(22)20(3)18(25)21(4)17(14)24/h5-9H,10H2,1-4H3,(H,19,23). The summed E-state index contributed by atoms with van der Waals surface area (Å²) in [6, 6.07) is 7.33. The van der Waals surface area contributed by atoms with Crippen LogP contribution in [0.3, 0.4) is 0 Å². The number of carbonyl (C=O) groups excluding carboxylic acids is 1. The van der Waals surface area contributed by atoms with Gasteiger partial charge in [0.05, 0.1) is 5.39 Å². The van der Waals surface area contributed by atoms with Crippen LogP contribution >= 0.6 is 0 Å². The molecule has 2 aromatic heterocycles. The van der Waals surface area contributed by atoms with Crippen LogP contribution in [0.5, 0.6) is 0 Å². The van der Waals surface area contributed by atoms with Crippen LogP contribution < -0.4 is 16.6 Å². The number of aromatic nitrogens is 3. The Bertz CT molecular complexity index is 1100. The predicted molar refractivity (Wildman–Crippen MR) is 97.0 cm³/mol. The lowest BCUT2D eigenvalue weighted by Gasteiger charge is -2.11. The largest absolute Gasteiger partial charge is 0.332 e. The minimum absolute atomic E-state index is 0.0108. The Kier molecular flexibility index (Phi) is 4.08. The third kappa shape index (κ3) is 2.88. The number of nitrogens with one attached hydrogen (secondary N) is 1. The number of hydrogen-bond acceptors (Lipinski definition) is 3. The molecule has 1 N–H and O–H groups in total. The molecular formula is C18H20N4O3. The zero-order valence-corrected chi connectivity index (χ0v) is 14.7. The molecule has 0 saturated heterocycles. The molecule has 0 radical (unpaired) electrons. The summed E-state index contributed by atoms with van der Waals surface area (Å²) in [6.45, 7) is 4.00. The van der Waals surface area contributed by atoms with Gasteiger partial charge in [-0.05, 0) is 43.2 Å². The Hall–Kier alpha value is -3.09. The summed E-state index contributed by atoms with van der Waals surface area (Å²) in [6.07, 6.45) is 1.64. The molecule has 0 aliphatic heterocycles. The second-order valence-corrected chi connectivity index (χ2v) is 6.23. The first-order valence-electron chi connectivity index (χ1n) is 7.91. The maximum atomic E-state index is 12.4. The summed E-state index contributed by atoms with van der Waals surface area (Å²) < 4.78 is 4.04. The number of fused-ring (bicyclic) bond motifs is 1. The Morgan fingerprint density at radius 1 is 1.04 bits per heavy atom. The van der Waals surface area contributed by atoms with E-state index in [1.54, 1.807) is 23.9 Å². The average molecular weight is 340 g/mol. The lowest BCUT2D eigenvalue weighted by Crippen LogP contribution is -2.37. The van der Waals surface area contributed by atoms with E-state index >= 15 is 0 Å². The van der Waals surface area contributed by atoms with Crippen LogP contribution in [0.1, 0.15) is 11.1 Å². The number of hydrogen-bond donors (Lipinski definition) is 1. The molecule has 7 heteroatoms. The highest BCUT2D eigenvalue weighted by Gasteiger charge is 2.14. The van der Waals surface area contributed by atoms with E-state index in [0.717, 1.165) is 21.4 Å². The van der Waals surface area contributed by atoms with Crippen molar-refractivity contribution in [2.45, 2.75) is 20.4 Å². The van der Waals surface area contributed by atoms with Gasteiger partial charge in [0.1, 0.15) is 12.2 Å². The number of benzene rings is 1. The van der Waals surface area contributed by atoms with Crippen LogP contribution in [-0.4, -0.2) is 19.6 Å². The molecular weight excluding hydrogens is 320 g/mol. The smallest absolute Gasteiger partial charge is 0.325 e. The van der Waals surface area contributed by atoms with E-state index < -0.39 is 5.69 Å². The topological polar surface area (TPSA) is 78.0 Å². The van der Waals surface area contributed by atoms with Crippen molar-refractivity contribution in [2.24, 2.45) is 14.1 Å². The summed E-state index contributed by atoms with van der Waals surface area (Å²) in [7, 11) is 3.02. The number of rotatable bonds is 3. The van der Waals surface area contributed by atoms with E-state index in [1.807, 2.05) is 32.0 Å². The van der Waals surface area contributed by atoms with E-state index in [4.69, 9.17) is 0 Å². The van der Waals surface area contributed by atoms with Gasteiger partial charge in [-0.15, -0.1) is 0 Å². The Labute approximate surface area is 144 Å². The van der Waals surface area contributed by atoms with Gasteiger partial charge in [-0.2, -0.15) is 0 Å². The zero-order valence-electron chi connectivity index (χ0n) is 14.7. The minimum Gasteiger partial charge on any atom is -0.325 e. The van der Waals surface area contributed by atoms with Gasteiger partial charge in [-0.1, -0.05) is 6.07 Å². The quantitative estimate of drug-likeness (QED) is 0.780. The van der Waals surface area contributed by atoms with Gasteiger partial charge in [0.15, 0.2) is 0 Å². The van der Waals surface area contributed by atoms with E-state index in [9.17, 15) is 14.4 Å². The lowest BCUT2D eigenvalue weighted by molar-refractivity contribution is -0.116. The summed E-state index contributed by atoms with van der Waals surface area (Å²) in [5.74, 6) is -0.228. The third-order valence-electron chi connectivity index (χ3n) is 4.47. The average Bonchev–Trinajstić information content (AvgIpc) is 2.98. The lowest BCUT2D eigenvalue weighted by atomic mass is 10.1. The van der Waals surface area contributed by atoms with Crippen molar-refractivity contribution in [1.29, 1.82) is 0 Å². The monoisotopic (exact) mass is 340 g/mol. The molecule has 1 amide bonds. The molecule has 0 spiro atoms. The molecule has 0 fully saturated rings. The molecule has 25 heavy (non-hydrogen) atoms. The summed E-state index contributed by atoms with van der Waals surface area (Å²) in [4.78, 5) is 36.7. The van der Waals surface area contributed by atoms with E-state index in [0.29, 0.717) is 11.0 Å². The minimum atomic E-state index is -0.424. The number of nitrogens with zero attached hydrogens (tertiary/aromatic N) is 3. The van der Waals surface area contributed by atoms with Crippen molar-refractivity contribution in [2.75, 3.05) is 5.32 Å². The highest BCUT2D eigenvalue weighted by atomic mass is 16.2. The fourth-order valence-electron chi connectivity index (χ4n) is 2.89. The second kappa shape index (κ2) is 6.08. The van der Waals surface area contributed by atoms with E-state index in [1.165, 1.54) is 11.6 Å². The fraction of sp³-hybridized carbons (Fsp3) is 0.278. The predicted octanol–water partition coefficient (Wildman–Crippen LogP) is 1.29. The molecule has 0 unspecified atom stereocenters. The molecule has 0 aliphatic carbocycles. The summed E-state index contributed by atoms with van der Waals surface area (Å²) in [5, 5.41) is 3.25. The van der Waals surface area contributed by atoms with Crippen molar-refractivity contribution in [3.8, 4) is 0 Å². The van der Waals surface area contributed by atoms with Crippen molar-refractivity contribution in [3.05, 3.63) is 62.4 Å². The van der Waals surface area contributed by atoms with Crippen molar-refractivity contribution >= 4 is 22.6 Å². The van der Waals surface area contributed by atoms with E-state index in [2.05, 4.69) is 5.32 Å². The highest BCUT2D eigenvalue weighted by molar-refractivity contribution is 5.91. The van der Waals surface area contributed by atoms with Crippen molar-refractivity contribution < 1.29 is 4.79 Å². The first-order valence-corrected chi connectivity index (χ1v) is 7.91. The molecule has 3 rings (SSSR count). The van der Waals surface area contributed by atoms with Gasteiger partial charge in [0.25, 0.3) is 5.56 Å². The molecule has 130 valence electrons. The molecule has 1 aromatic carbocycles. The summed E-state index contributed by atoms with van der Waals surface area (Å²) >= 11 is 0. The van der Waals surface area contributed by atoms with Gasteiger partial charge < -0.3 is 9.88 Å². The SMILES string of the molecule is Cc1ccc(NC(=O)Cn2ccc3c(=O)n(C)c(=O)n(C)c32)cc1C. The summed E-state index contributed by atoms with van der Waals surface area (Å²) in [5.41, 5.74) is 2.60. The molecule has 7 nitrogen and oxygen atoms in total. The van der Waals surface area contributed by atoms with E-state index in [-0.39, 0.29) is 18.0 Å². The van der Waals surface area contributed by atoms with Gasteiger partial charge in [-0.3, -0.25) is 18.7 Å². The second-order valence-electron chi connectivity index (χ2n) is 6.23. The van der Waals surface area contributed by atoms with Crippen LogP contribution in [0.25, 0.3) is 11.0 Å². The maximum absolute atomic E-state index is 12.4. The number of anilines is 1. The highest BCUT2D eigenvalue weighted by Crippen LogP contribution is 2.15. The first kappa shape index (κ1) is 16.8. The first-order chi connectivity index (χ1) is 11.8. The molecule has 0 atom stereocenters. The normalized spacial score (nSPS) is 11.0. The van der Waals surface area contributed by atoms with Gasteiger partial charge >= 0.3 is 5.69 Å². The number of amides is 1. The van der Waals surface area contributed by atoms with Crippen LogP contribution in [-0.2, 0) is 25.4 Å². The van der Waals surface area contributed by atoms with Crippen LogP contribution in [0.4, 0.5) is 5.69 Å². The van der Waals surface area contributed by atoms with Crippen molar-refractivity contribution in [1.82, 2.24) is 13.7 Å². The Morgan fingerprint density at radius 2 is 1.76 bits per heavy atom. The maximum Gasteiger partial charge on any atom is 0.332 e. The molecule has 0 aliphatic rings. The van der Waals surface area contributed by atoms with Crippen LogP contribution in [0, 0.1) is 13.8 Å². The number of aryl methyl sites for hydroxylation is 3. The van der Waals surface area contributed by atoms with Crippen LogP contribution in [0.15, 0.2) is 40.1 Å². The Balaban J connectivity index is 1.93. The fourth-order valence-corrected chi connectivity index (χ4v) is 2.89. The molecule has 3 aromatic rings. The zero-order chi connectivity index (χ0) is 18.3. The van der Waals surface area contributed by atoms with Crippen molar-refractivity contribution in [3.63, 3.8) is 0 Å². The number of carbonyl (C=O) groups is 1. The molecule has 0 bridgehead atoms.